The number of nitrogens with one attached hydrogen (secondary N) is 1. The number of anilines is 2. The van der Waals surface area contributed by atoms with Crippen molar-refractivity contribution in [1.29, 1.82) is 0 Å². The summed E-state index contributed by atoms with van der Waals surface area (Å²) in [6, 6.07) is 10.1. The molecule has 10 nitrogen and oxygen atoms in total. The molecule has 2 aromatic rings. The van der Waals surface area contributed by atoms with E-state index in [0.29, 0.717) is 11.3 Å². The SMILES string of the molecule is CC(C)OC(=O)c1ccc(NC(=O)CN2C(=O)C(C(C)C)Oc3cc([N+](=O)[O-])ccc32)cc1. The predicted octanol–water partition coefficient (Wildman–Crippen LogP) is 3.55. The number of carbonyl (C=O) groups excluding carboxylic acids is 3. The standard InChI is InChI=1S/C23H25N3O7/c1-13(2)21-22(28)25(18-10-9-17(26(30)31)11-19(18)33-21)12-20(27)24-16-7-5-15(6-8-16)23(29)32-14(3)4/h5-11,13-14,21H,12H2,1-4H3,(H,24,27). The first-order chi connectivity index (χ1) is 15.6. The van der Waals surface area contributed by atoms with Crippen molar-refractivity contribution < 1.29 is 28.8 Å². The molecule has 1 unspecified atom stereocenters. The molecule has 0 spiro atoms. The molecule has 33 heavy (non-hydrogen) atoms. The smallest absolute Gasteiger partial charge is 0.338 e. The first kappa shape index (κ1) is 23.7. The number of benzene rings is 2. The summed E-state index contributed by atoms with van der Waals surface area (Å²) in [5.74, 6) is -1.40. The topological polar surface area (TPSA) is 128 Å². The molecule has 0 aromatic heterocycles. The molecule has 2 amide bonds. The van der Waals surface area contributed by atoms with E-state index >= 15 is 0 Å². The lowest BCUT2D eigenvalue weighted by Gasteiger charge is -2.35. The van der Waals surface area contributed by atoms with Gasteiger partial charge in [0.05, 0.1) is 28.3 Å². The second-order valence-electron chi connectivity index (χ2n) is 8.20. The summed E-state index contributed by atoms with van der Waals surface area (Å²) in [7, 11) is 0. The van der Waals surface area contributed by atoms with Gasteiger partial charge < -0.3 is 14.8 Å². The molecule has 0 radical (unpaired) electrons. The van der Waals surface area contributed by atoms with E-state index in [-0.39, 0.29) is 35.7 Å². The van der Waals surface area contributed by atoms with Crippen LogP contribution < -0.4 is 15.0 Å². The van der Waals surface area contributed by atoms with Crippen LogP contribution in [0.25, 0.3) is 0 Å². The molecule has 10 heteroatoms. The second kappa shape index (κ2) is 9.68. The number of nitro groups is 1. The quantitative estimate of drug-likeness (QED) is 0.384. The maximum absolute atomic E-state index is 13.0. The third-order valence-corrected chi connectivity index (χ3v) is 4.86. The summed E-state index contributed by atoms with van der Waals surface area (Å²) in [6.45, 7) is 6.76. The Morgan fingerprint density at radius 1 is 1.15 bits per heavy atom. The normalized spacial score (nSPS) is 15.2. The summed E-state index contributed by atoms with van der Waals surface area (Å²) in [5.41, 5.74) is 0.891. The largest absolute Gasteiger partial charge is 0.478 e. The van der Waals surface area contributed by atoms with Gasteiger partial charge in [-0.2, -0.15) is 0 Å². The van der Waals surface area contributed by atoms with Crippen LogP contribution in [0.15, 0.2) is 42.5 Å². The molecular formula is C23H25N3O7. The Balaban J connectivity index is 1.77. The Bertz CT molecular complexity index is 1080. The van der Waals surface area contributed by atoms with Crippen LogP contribution in [-0.2, 0) is 14.3 Å². The van der Waals surface area contributed by atoms with E-state index < -0.39 is 28.8 Å². The van der Waals surface area contributed by atoms with Gasteiger partial charge in [-0.15, -0.1) is 0 Å². The number of hydrogen-bond acceptors (Lipinski definition) is 7. The van der Waals surface area contributed by atoms with Crippen LogP contribution in [-0.4, -0.2) is 41.5 Å². The summed E-state index contributed by atoms with van der Waals surface area (Å²) in [5, 5.41) is 13.8. The zero-order valence-electron chi connectivity index (χ0n) is 18.7. The fraction of sp³-hybridized carbons (Fsp3) is 0.348. The van der Waals surface area contributed by atoms with Gasteiger partial charge in [0.2, 0.25) is 5.91 Å². The molecule has 0 saturated heterocycles. The van der Waals surface area contributed by atoms with E-state index in [9.17, 15) is 24.5 Å². The highest BCUT2D eigenvalue weighted by molar-refractivity contribution is 6.06. The van der Waals surface area contributed by atoms with Crippen molar-refractivity contribution in [2.45, 2.75) is 39.9 Å². The zero-order valence-corrected chi connectivity index (χ0v) is 18.7. The van der Waals surface area contributed by atoms with E-state index in [1.165, 1.54) is 35.2 Å². The molecule has 1 heterocycles. The van der Waals surface area contributed by atoms with Crippen LogP contribution >= 0.6 is 0 Å². The van der Waals surface area contributed by atoms with Crippen LogP contribution in [0.2, 0.25) is 0 Å². The van der Waals surface area contributed by atoms with Crippen molar-refractivity contribution >= 4 is 34.8 Å². The van der Waals surface area contributed by atoms with Gasteiger partial charge in [-0.25, -0.2) is 4.79 Å². The number of carbonyl (C=O) groups is 3. The monoisotopic (exact) mass is 455 g/mol. The molecule has 174 valence electrons. The van der Waals surface area contributed by atoms with Crippen molar-refractivity contribution in [2.24, 2.45) is 5.92 Å². The Labute approximate surface area is 190 Å². The second-order valence-corrected chi connectivity index (χ2v) is 8.20. The van der Waals surface area contributed by atoms with Gasteiger partial charge in [0.15, 0.2) is 11.9 Å². The van der Waals surface area contributed by atoms with Gasteiger partial charge >= 0.3 is 5.97 Å². The minimum absolute atomic E-state index is 0.170. The van der Waals surface area contributed by atoms with Gasteiger partial charge in [0.1, 0.15) is 6.54 Å². The predicted molar refractivity (Wildman–Crippen MR) is 120 cm³/mol. The molecule has 1 atom stereocenters. The Morgan fingerprint density at radius 3 is 2.39 bits per heavy atom. The number of ether oxygens (including phenoxy) is 2. The molecule has 0 aliphatic carbocycles. The number of esters is 1. The van der Waals surface area contributed by atoms with Crippen LogP contribution in [0.4, 0.5) is 17.1 Å². The summed E-state index contributed by atoms with van der Waals surface area (Å²) >= 11 is 0. The van der Waals surface area contributed by atoms with E-state index in [0.717, 1.165) is 0 Å². The molecular weight excluding hydrogens is 430 g/mol. The van der Waals surface area contributed by atoms with Crippen LogP contribution in [0.1, 0.15) is 38.1 Å². The van der Waals surface area contributed by atoms with Crippen molar-refractivity contribution in [1.82, 2.24) is 0 Å². The van der Waals surface area contributed by atoms with Gasteiger partial charge in [-0.05, 0) is 50.1 Å². The molecule has 0 fully saturated rings. The molecule has 3 rings (SSSR count). The van der Waals surface area contributed by atoms with Crippen molar-refractivity contribution in [3.05, 3.63) is 58.1 Å². The first-order valence-corrected chi connectivity index (χ1v) is 10.4. The van der Waals surface area contributed by atoms with Crippen LogP contribution in [0.5, 0.6) is 5.75 Å². The van der Waals surface area contributed by atoms with Crippen molar-refractivity contribution in [3.8, 4) is 5.75 Å². The molecule has 1 N–H and O–H groups in total. The maximum Gasteiger partial charge on any atom is 0.338 e. The van der Waals surface area contributed by atoms with Gasteiger partial charge in [-0.1, -0.05) is 13.8 Å². The van der Waals surface area contributed by atoms with Gasteiger partial charge in [0, 0.05) is 11.8 Å². The minimum Gasteiger partial charge on any atom is -0.478 e. The Hall–Kier alpha value is -3.95. The van der Waals surface area contributed by atoms with Gasteiger partial charge in [-0.3, -0.25) is 24.6 Å². The lowest BCUT2D eigenvalue weighted by molar-refractivity contribution is -0.384. The van der Waals surface area contributed by atoms with Crippen LogP contribution in [0, 0.1) is 16.0 Å². The lowest BCUT2D eigenvalue weighted by atomic mass is 10.0. The molecule has 2 aromatic carbocycles. The number of nitro benzene ring substituents is 1. The number of hydrogen-bond donors (Lipinski definition) is 1. The van der Waals surface area contributed by atoms with Crippen molar-refractivity contribution in [2.75, 3.05) is 16.8 Å². The van der Waals surface area contributed by atoms with E-state index in [2.05, 4.69) is 5.32 Å². The highest BCUT2D eigenvalue weighted by Gasteiger charge is 2.38. The van der Waals surface area contributed by atoms with Crippen LogP contribution in [0.3, 0.4) is 0 Å². The van der Waals surface area contributed by atoms with Crippen molar-refractivity contribution in [3.63, 3.8) is 0 Å². The summed E-state index contributed by atoms with van der Waals surface area (Å²) in [6.07, 6.45) is -1.12. The molecule has 1 aliphatic rings. The first-order valence-electron chi connectivity index (χ1n) is 10.4. The number of amides is 2. The summed E-state index contributed by atoms with van der Waals surface area (Å²) < 4.78 is 10.8. The lowest BCUT2D eigenvalue weighted by Crippen LogP contribution is -2.50. The highest BCUT2D eigenvalue weighted by Crippen LogP contribution is 2.38. The Morgan fingerprint density at radius 2 is 1.82 bits per heavy atom. The van der Waals surface area contributed by atoms with E-state index in [1.807, 2.05) is 0 Å². The average Bonchev–Trinajstić information content (AvgIpc) is 2.74. The van der Waals surface area contributed by atoms with Gasteiger partial charge in [0.25, 0.3) is 11.6 Å². The maximum atomic E-state index is 13.0. The minimum atomic E-state index is -0.876. The van der Waals surface area contributed by atoms with E-state index in [1.54, 1.807) is 39.8 Å². The van der Waals surface area contributed by atoms with E-state index in [4.69, 9.17) is 9.47 Å². The molecule has 0 saturated carbocycles. The average molecular weight is 455 g/mol. The Kier molecular flexibility index (Phi) is 6.95. The highest BCUT2D eigenvalue weighted by atomic mass is 16.6. The summed E-state index contributed by atoms with van der Waals surface area (Å²) in [4.78, 5) is 49.5. The third kappa shape index (κ3) is 5.46. The zero-order chi connectivity index (χ0) is 24.3. The molecule has 0 bridgehead atoms. The third-order valence-electron chi connectivity index (χ3n) is 4.86. The number of nitrogens with zero attached hydrogens (tertiary/aromatic N) is 2. The fourth-order valence-corrected chi connectivity index (χ4v) is 3.29. The number of non-ortho nitro benzene ring substituents is 1. The fourth-order valence-electron chi connectivity index (χ4n) is 3.29. The number of fused-ring (bicyclic) bond motifs is 1. The number of rotatable bonds is 7. The molecule has 1 aliphatic heterocycles.